The van der Waals surface area contributed by atoms with E-state index in [9.17, 15) is 9.59 Å². The van der Waals surface area contributed by atoms with Crippen molar-refractivity contribution in [3.8, 4) is 0 Å². The average Bonchev–Trinajstić information content (AvgIpc) is 2.94. The maximum absolute atomic E-state index is 12.7. The number of likely N-dealkylation sites (N-methyl/N-ethyl adjacent to an activating group) is 1. The molecule has 2 aliphatic heterocycles. The lowest BCUT2D eigenvalue weighted by molar-refractivity contribution is -0.156. The van der Waals surface area contributed by atoms with Gasteiger partial charge in [0.15, 0.2) is 0 Å². The first-order valence-electron chi connectivity index (χ1n) is 7.38. The number of rotatable bonds is 4. The van der Waals surface area contributed by atoms with Gasteiger partial charge in [0, 0.05) is 12.6 Å². The summed E-state index contributed by atoms with van der Waals surface area (Å²) in [6.07, 6.45) is 2.60. The minimum absolute atomic E-state index is 0.0172. The van der Waals surface area contributed by atoms with E-state index in [-0.39, 0.29) is 23.8 Å². The van der Waals surface area contributed by atoms with Crippen LogP contribution in [0.4, 0.5) is 0 Å². The number of hydrogen-bond acceptors (Lipinski definition) is 5. The number of carbonyl (C=O) groups is 2. The van der Waals surface area contributed by atoms with Crippen LogP contribution in [0.3, 0.4) is 0 Å². The second kappa shape index (κ2) is 7.04. The zero-order valence-corrected chi connectivity index (χ0v) is 12.3. The highest BCUT2D eigenvalue weighted by Gasteiger charge is 2.41. The lowest BCUT2D eigenvalue weighted by Gasteiger charge is -2.36. The minimum Gasteiger partial charge on any atom is -0.467 e. The molecule has 0 bridgehead atoms. The molecule has 2 rings (SSSR count). The van der Waals surface area contributed by atoms with Crippen LogP contribution in [0, 0.1) is 5.92 Å². The van der Waals surface area contributed by atoms with E-state index in [4.69, 9.17) is 9.47 Å². The Balaban J connectivity index is 2.07. The molecule has 2 heterocycles. The Bertz CT molecular complexity index is 361. The Morgan fingerprint density at radius 3 is 2.85 bits per heavy atom. The van der Waals surface area contributed by atoms with Crippen molar-refractivity contribution in [2.45, 2.75) is 38.3 Å². The molecule has 0 aromatic carbocycles. The van der Waals surface area contributed by atoms with Gasteiger partial charge < -0.3 is 19.7 Å². The molecule has 1 N–H and O–H groups in total. The van der Waals surface area contributed by atoms with Crippen molar-refractivity contribution in [3.63, 3.8) is 0 Å². The van der Waals surface area contributed by atoms with Gasteiger partial charge in [0.05, 0.1) is 26.2 Å². The third kappa shape index (κ3) is 3.12. The fraction of sp³-hybridized carbons (Fsp3) is 0.857. The monoisotopic (exact) mass is 284 g/mol. The van der Waals surface area contributed by atoms with Gasteiger partial charge in [-0.25, -0.2) is 4.79 Å². The molecular weight excluding hydrogens is 260 g/mol. The summed E-state index contributed by atoms with van der Waals surface area (Å²) < 4.78 is 10.3. The number of piperidine rings is 1. The Morgan fingerprint density at radius 2 is 2.15 bits per heavy atom. The van der Waals surface area contributed by atoms with Gasteiger partial charge in [0.2, 0.25) is 5.91 Å². The number of nitrogens with zero attached hydrogens (tertiary/aromatic N) is 1. The molecule has 114 valence electrons. The molecule has 0 spiro atoms. The van der Waals surface area contributed by atoms with Gasteiger partial charge in [-0.2, -0.15) is 0 Å². The van der Waals surface area contributed by atoms with Crippen LogP contribution in [-0.4, -0.2) is 62.3 Å². The van der Waals surface area contributed by atoms with Gasteiger partial charge in [-0.15, -0.1) is 0 Å². The topological polar surface area (TPSA) is 67.9 Å². The third-order valence-corrected chi connectivity index (χ3v) is 4.12. The van der Waals surface area contributed by atoms with Gasteiger partial charge in [0.25, 0.3) is 0 Å². The van der Waals surface area contributed by atoms with Crippen molar-refractivity contribution in [1.82, 2.24) is 10.2 Å². The van der Waals surface area contributed by atoms with Crippen LogP contribution in [-0.2, 0) is 19.1 Å². The van der Waals surface area contributed by atoms with Crippen LogP contribution >= 0.6 is 0 Å². The summed E-state index contributed by atoms with van der Waals surface area (Å²) in [6, 6.07) is -0.378. The Kier molecular flexibility index (Phi) is 5.37. The van der Waals surface area contributed by atoms with Crippen molar-refractivity contribution < 1.29 is 19.1 Å². The van der Waals surface area contributed by atoms with Crippen molar-refractivity contribution in [2.75, 3.05) is 33.4 Å². The molecule has 1 amide bonds. The average molecular weight is 284 g/mol. The first kappa shape index (κ1) is 15.3. The standard InChI is InChI=1S/C14H24N2O4/c1-3-15-11-9-20-8-10(11)13(17)16-7-5-4-6-12(16)14(18)19-2/h10-12,15H,3-9H2,1-2H3. The Labute approximate surface area is 119 Å². The molecule has 20 heavy (non-hydrogen) atoms. The Hall–Kier alpha value is -1.14. The third-order valence-electron chi connectivity index (χ3n) is 4.12. The van der Waals surface area contributed by atoms with E-state index in [1.165, 1.54) is 7.11 Å². The number of hydrogen-bond donors (Lipinski definition) is 1. The molecule has 3 atom stereocenters. The highest BCUT2D eigenvalue weighted by Crippen LogP contribution is 2.24. The zero-order valence-electron chi connectivity index (χ0n) is 12.3. The summed E-state index contributed by atoms with van der Waals surface area (Å²) in [5.41, 5.74) is 0. The maximum atomic E-state index is 12.7. The smallest absolute Gasteiger partial charge is 0.328 e. The predicted molar refractivity (Wildman–Crippen MR) is 73.1 cm³/mol. The van der Waals surface area contributed by atoms with Crippen LogP contribution in [0.1, 0.15) is 26.2 Å². The number of methoxy groups -OCH3 is 1. The molecule has 6 heteroatoms. The van der Waals surface area contributed by atoms with Crippen LogP contribution in [0.25, 0.3) is 0 Å². The van der Waals surface area contributed by atoms with Crippen LogP contribution < -0.4 is 5.32 Å². The fourth-order valence-electron chi connectivity index (χ4n) is 3.05. The number of carbonyl (C=O) groups excluding carboxylic acids is 2. The highest BCUT2D eigenvalue weighted by atomic mass is 16.5. The molecule has 2 saturated heterocycles. The number of ether oxygens (including phenoxy) is 2. The summed E-state index contributed by atoms with van der Waals surface area (Å²) in [5, 5.41) is 3.28. The van der Waals surface area contributed by atoms with E-state index >= 15 is 0 Å². The van der Waals surface area contributed by atoms with Crippen molar-refractivity contribution in [1.29, 1.82) is 0 Å². The highest BCUT2D eigenvalue weighted by molar-refractivity contribution is 5.86. The predicted octanol–water partition coefficient (Wildman–Crippen LogP) is 0.165. The molecular formula is C14H24N2O4. The lowest BCUT2D eigenvalue weighted by atomic mass is 9.96. The number of nitrogens with one attached hydrogen (secondary N) is 1. The summed E-state index contributed by atoms with van der Waals surface area (Å²) in [5.74, 6) is -0.485. The van der Waals surface area contributed by atoms with E-state index in [0.29, 0.717) is 26.2 Å². The minimum atomic E-state index is -0.427. The van der Waals surface area contributed by atoms with Crippen LogP contribution in [0.5, 0.6) is 0 Å². The molecule has 2 fully saturated rings. The van der Waals surface area contributed by atoms with Gasteiger partial charge in [0.1, 0.15) is 6.04 Å². The van der Waals surface area contributed by atoms with Crippen LogP contribution in [0.15, 0.2) is 0 Å². The quantitative estimate of drug-likeness (QED) is 0.745. The van der Waals surface area contributed by atoms with E-state index in [2.05, 4.69) is 5.32 Å². The number of amides is 1. The molecule has 3 unspecified atom stereocenters. The van der Waals surface area contributed by atoms with Gasteiger partial charge in [-0.1, -0.05) is 6.92 Å². The van der Waals surface area contributed by atoms with E-state index in [0.717, 1.165) is 19.4 Å². The van der Waals surface area contributed by atoms with Gasteiger partial charge in [-0.3, -0.25) is 4.79 Å². The van der Waals surface area contributed by atoms with Crippen molar-refractivity contribution in [3.05, 3.63) is 0 Å². The summed E-state index contributed by atoms with van der Waals surface area (Å²) in [6.45, 7) is 4.44. The first-order chi connectivity index (χ1) is 9.69. The van der Waals surface area contributed by atoms with Gasteiger partial charge >= 0.3 is 5.97 Å². The molecule has 0 aliphatic carbocycles. The van der Waals surface area contributed by atoms with E-state index in [1.807, 2.05) is 6.92 Å². The normalized spacial score (nSPS) is 30.3. The summed E-state index contributed by atoms with van der Waals surface area (Å²) in [7, 11) is 1.37. The first-order valence-corrected chi connectivity index (χ1v) is 7.38. The molecule has 2 aliphatic rings. The summed E-state index contributed by atoms with van der Waals surface area (Å²) in [4.78, 5) is 26.2. The van der Waals surface area contributed by atoms with Crippen LogP contribution in [0.2, 0.25) is 0 Å². The SMILES string of the molecule is CCNC1COCC1C(=O)N1CCCCC1C(=O)OC. The van der Waals surface area contributed by atoms with E-state index < -0.39 is 6.04 Å². The fourth-order valence-corrected chi connectivity index (χ4v) is 3.05. The number of esters is 1. The summed E-state index contributed by atoms with van der Waals surface area (Å²) >= 11 is 0. The lowest BCUT2D eigenvalue weighted by Crippen LogP contribution is -2.53. The Morgan fingerprint density at radius 1 is 1.35 bits per heavy atom. The molecule has 0 radical (unpaired) electrons. The number of likely N-dealkylation sites (tertiary alicyclic amines) is 1. The second-order valence-corrected chi connectivity index (χ2v) is 5.37. The second-order valence-electron chi connectivity index (χ2n) is 5.37. The molecule has 6 nitrogen and oxygen atoms in total. The molecule has 0 aromatic rings. The van der Waals surface area contributed by atoms with E-state index in [1.54, 1.807) is 4.90 Å². The van der Waals surface area contributed by atoms with Gasteiger partial charge in [-0.05, 0) is 25.8 Å². The zero-order chi connectivity index (χ0) is 14.5. The largest absolute Gasteiger partial charge is 0.467 e. The van der Waals surface area contributed by atoms with Crippen molar-refractivity contribution in [2.24, 2.45) is 5.92 Å². The molecule has 0 saturated carbocycles. The van der Waals surface area contributed by atoms with Crippen molar-refractivity contribution >= 4 is 11.9 Å². The maximum Gasteiger partial charge on any atom is 0.328 e. The molecule has 0 aromatic heterocycles.